The standard InChI is InChI=1S/C18H32N4O3/c1-5-19-18(21-13-16-22-14(3)15(4)25-16)20-12-10-8-7-9-11-17(23)24-6-2/h5-13H2,1-4H3,(H2,19,20,21). The van der Waals surface area contributed by atoms with Crippen LogP contribution in [0.4, 0.5) is 0 Å². The fourth-order valence-corrected chi connectivity index (χ4v) is 2.28. The quantitative estimate of drug-likeness (QED) is 0.275. The van der Waals surface area contributed by atoms with Gasteiger partial charge in [-0.15, -0.1) is 0 Å². The number of nitrogens with one attached hydrogen (secondary N) is 2. The SMILES string of the molecule is CCNC(=NCc1nc(C)c(C)o1)NCCCCCCC(=O)OCC. The third-order valence-corrected chi connectivity index (χ3v) is 3.69. The Morgan fingerprint density at radius 1 is 1.16 bits per heavy atom. The first-order valence-corrected chi connectivity index (χ1v) is 9.17. The van der Waals surface area contributed by atoms with Gasteiger partial charge in [-0.3, -0.25) is 4.79 Å². The van der Waals surface area contributed by atoms with Crippen LogP contribution in [-0.2, 0) is 16.1 Å². The van der Waals surface area contributed by atoms with Crippen molar-refractivity contribution in [1.82, 2.24) is 15.6 Å². The molecule has 0 saturated carbocycles. The maximum absolute atomic E-state index is 11.2. The number of carbonyl (C=O) groups excluding carboxylic acids is 1. The van der Waals surface area contributed by atoms with Crippen LogP contribution in [0.5, 0.6) is 0 Å². The maximum Gasteiger partial charge on any atom is 0.305 e. The first-order valence-electron chi connectivity index (χ1n) is 9.17. The van der Waals surface area contributed by atoms with E-state index < -0.39 is 0 Å². The first kappa shape index (κ1) is 21.0. The van der Waals surface area contributed by atoms with Crippen molar-refractivity contribution in [1.29, 1.82) is 0 Å². The molecule has 0 fully saturated rings. The van der Waals surface area contributed by atoms with Crippen LogP contribution in [0.15, 0.2) is 9.41 Å². The molecule has 1 aromatic heterocycles. The summed E-state index contributed by atoms with van der Waals surface area (Å²) in [4.78, 5) is 20.1. The van der Waals surface area contributed by atoms with Gasteiger partial charge in [-0.05, 0) is 40.5 Å². The monoisotopic (exact) mass is 352 g/mol. The second-order valence-corrected chi connectivity index (χ2v) is 5.84. The van der Waals surface area contributed by atoms with Crippen molar-refractivity contribution in [2.24, 2.45) is 4.99 Å². The average molecular weight is 352 g/mol. The molecule has 0 bridgehead atoms. The number of ether oxygens (including phenoxy) is 1. The number of nitrogens with zero attached hydrogens (tertiary/aromatic N) is 2. The molecular formula is C18H32N4O3. The molecule has 25 heavy (non-hydrogen) atoms. The molecule has 1 rings (SSSR count). The molecule has 0 radical (unpaired) electrons. The zero-order valence-corrected chi connectivity index (χ0v) is 16.0. The number of aryl methyl sites for hydroxylation is 2. The summed E-state index contributed by atoms with van der Waals surface area (Å²) in [6.07, 6.45) is 4.54. The maximum atomic E-state index is 11.2. The third-order valence-electron chi connectivity index (χ3n) is 3.69. The number of esters is 1. The summed E-state index contributed by atoms with van der Waals surface area (Å²) in [5, 5.41) is 6.52. The molecule has 1 heterocycles. The highest BCUT2D eigenvalue weighted by Crippen LogP contribution is 2.09. The summed E-state index contributed by atoms with van der Waals surface area (Å²) in [5.41, 5.74) is 0.908. The van der Waals surface area contributed by atoms with Crippen LogP contribution in [0.2, 0.25) is 0 Å². The van der Waals surface area contributed by atoms with Crippen LogP contribution in [0, 0.1) is 13.8 Å². The number of unbranched alkanes of at least 4 members (excludes halogenated alkanes) is 3. The molecule has 0 aliphatic heterocycles. The van der Waals surface area contributed by atoms with Crippen molar-refractivity contribution < 1.29 is 13.9 Å². The molecule has 2 N–H and O–H groups in total. The van der Waals surface area contributed by atoms with E-state index in [-0.39, 0.29) is 5.97 Å². The van der Waals surface area contributed by atoms with Crippen LogP contribution in [0.25, 0.3) is 0 Å². The van der Waals surface area contributed by atoms with E-state index in [0.29, 0.717) is 25.5 Å². The van der Waals surface area contributed by atoms with E-state index >= 15 is 0 Å². The molecule has 0 saturated heterocycles. The Hall–Kier alpha value is -2.05. The summed E-state index contributed by atoms with van der Waals surface area (Å²) < 4.78 is 10.4. The summed E-state index contributed by atoms with van der Waals surface area (Å²) in [7, 11) is 0. The van der Waals surface area contributed by atoms with Crippen LogP contribution >= 0.6 is 0 Å². The Bertz CT molecular complexity index is 521. The Balaban J connectivity index is 2.22. The van der Waals surface area contributed by atoms with Crippen LogP contribution in [0.3, 0.4) is 0 Å². The van der Waals surface area contributed by atoms with Gasteiger partial charge in [0.2, 0.25) is 5.89 Å². The van der Waals surface area contributed by atoms with Crippen molar-refractivity contribution in [2.45, 2.75) is 66.3 Å². The molecule has 7 nitrogen and oxygen atoms in total. The Labute approximate surface area is 150 Å². The van der Waals surface area contributed by atoms with Gasteiger partial charge in [0.25, 0.3) is 0 Å². The predicted octanol–water partition coefficient (Wildman–Crippen LogP) is 2.86. The number of hydrogen-bond donors (Lipinski definition) is 2. The smallest absolute Gasteiger partial charge is 0.305 e. The predicted molar refractivity (Wildman–Crippen MR) is 98.5 cm³/mol. The lowest BCUT2D eigenvalue weighted by Crippen LogP contribution is -2.37. The normalized spacial score (nSPS) is 11.4. The summed E-state index contributed by atoms with van der Waals surface area (Å²) in [6.45, 7) is 10.2. The lowest BCUT2D eigenvalue weighted by atomic mass is 10.1. The fourth-order valence-electron chi connectivity index (χ4n) is 2.28. The Morgan fingerprint density at radius 2 is 1.92 bits per heavy atom. The van der Waals surface area contributed by atoms with E-state index in [9.17, 15) is 4.79 Å². The number of rotatable bonds is 11. The molecule has 0 atom stereocenters. The first-order chi connectivity index (χ1) is 12.1. The topological polar surface area (TPSA) is 88.8 Å². The number of aromatic nitrogens is 1. The molecule has 0 spiro atoms. The zero-order chi connectivity index (χ0) is 18.5. The molecule has 0 aliphatic carbocycles. The minimum Gasteiger partial charge on any atom is -0.466 e. The minimum atomic E-state index is -0.0980. The molecule has 0 aliphatic rings. The van der Waals surface area contributed by atoms with Gasteiger partial charge in [-0.2, -0.15) is 0 Å². The Morgan fingerprint density at radius 3 is 2.56 bits per heavy atom. The van der Waals surface area contributed by atoms with E-state index in [0.717, 1.165) is 56.2 Å². The number of guanidine groups is 1. The van der Waals surface area contributed by atoms with Crippen LogP contribution in [0.1, 0.15) is 63.3 Å². The third kappa shape index (κ3) is 9.12. The highest BCUT2D eigenvalue weighted by atomic mass is 16.5. The second kappa shape index (κ2) is 12.3. The number of aliphatic imine (C=N–C) groups is 1. The van der Waals surface area contributed by atoms with Crippen molar-refractivity contribution >= 4 is 11.9 Å². The molecular weight excluding hydrogens is 320 g/mol. The molecule has 1 aromatic rings. The number of carbonyl (C=O) groups is 1. The summed E-state index contributed by atoms with van der Waals surface area (Å²) >= 11 is 0. The highest BCUT2D eigenvalue weighted by Gasteiger charge is 2.05. The van der Waals surface area contributed by atoms with E-state index in [4.69, 9.17) is 9.15 Å². The Kier molecular flexibility index (Phi) is 10.4. The summed E-state index contributed by atoms with van der Waals surface area (Å²) in [6, 6.07) is 0. The number of hydrogen-bond acceptors (Lipinski definition) is 5. The molecule has 0 unspecified atom stereocenters. The largest absolute Gasteiger partial charge is 0.466 e. The molecule has 142 valence electrons. The van der Waals surface area contributed by atoms with Gasteiger partial charge in [0.05, 0.1) is 12.3 Å². The molecule has 0 amide bonds. The van der Waals surface area contributed by atoms with E-state index in [1.54, 1.807) is 0 Å². The van der Waals surface area contributed by atoms with Crippen LogP contribution in [-0.4, -0.2) is 36.6 Å². The molecule has 0 aromatic carbocycles. The van der Waals surface area contributed by atoms with E-state index in [2.05, 4.69) is 20.6 Å². The van der Waals surface area contributed by atoms with E-state index in [1.807, 2.05) is 27.7 Å². The van der Waals surface area contributed by atoms with Gasteiger partial charge in [0.1, 0.15) is 12.3 Å². The minimum absolute atomic E-state index is 0.0980. The van der Waals surface area contributed by atoms with Gasteiger partial charge < -0.3 is 19.8 Å². The fraction of sp³-hybridized carbons (Fsp3) is 0.722. The number of oxazole rings is 1. The van der Waals surface area contributed by atoms with Gasteiger partial charge >= 0.3 is 5.97 Å². The lowest BCUT2D eigenvalue weighted by Gasteiger charge is -2.10. The second-order valence-electron chi connectivity index (χ2n) is 5.84. The van der Waals surface area contributed by atoms with Crippen molar-refractivity contribution in [3.05, 3.63) is 17.3 Å². The highest BCUT2D eigenvalue weighted by molar-refractivity contribution is 5.79. The van der Waals surface area contributed by atoms with Gasteiger partial charge in [0, 0.05) is 19.5 Å². The van der Waals surface area contributed by atoms with Gasteiger partial charge in [-0.1, -0.05) is 12.8 Å². The van der Waals surface area contributed by atoms with E-state index in [1.165, 1.54) is 0 Å². The van der Waals surface area contributed by atoms with Gasteiger partial charge in [0.15, 0.2) is 5.96 Å². The van der Waals surface area contributed by atoms with Crippen molar-refractivity contribution in [3.8, 4) is 0 Å². The van der Waals surface area contributed by atoms with Crippen molar-refractivity contribution in [2.75, 3.05) is 19.7 Å². The van der Waals surface area contributed by atoms with Crippen LogP contribution < -0.4 is 10.6 Å². The van der Waals surface area contributed by atoms with Gasteiger partial charge in [-0.25, -0.2) is 9.98 Å². The zero-order valence-electron chi connectivity index (χ0n) is 16.0. The lowest BCUT2D eigenvalue weighted by molar-refractivity contribution is -0.143. The van der Waals surface area contributed by atoms with Crippen molar-refractivity contribution in [3.63, 3.8) is 0 Å². The summed E-state index contributed by atoms with van der Waals surface area (Å²) in [5.74, 6) is 2.14. The average Bonchev–Trinajstić information content (AvgIpc) is 2.90. The molecule has 7 heteroatoms.